The minimum atomic E-state index is -0.271. The zero-order valence-electron chi connectivity index (χ0n) is 10.1. The predicted octanol–water partition coefficient (Wildman–Crippen LogP) is 3.67. The maximum Gasteiger partial charge on any atom is 0.333 e. The normalized spacial score (nSPS) is 10.0. The lowest BCUT2D eigenvalue weighted by atomic mass is 10.1. The molecule has 87 valence electrons. The van der Waals surface area contributed by atoms with Gasteiger partial charge in [0.2, 0.25) is 0 Å². The standard InChI is InChI=1S/C13H23O2/c1-4-5-6-7-8-9-10-11-15-13(14)12(2)3/h6H,2,4-5,7-11H2,1,3H3. The highest BCUT2D eigenvalue weighted by Gasteiger charge is 2.01. The van der Waals surface area contributed by atoms with Gasteiger partial charge in [-0.3, -0.25) is 0 Å². The molecule has 15 heavy (non-hydrogen) atoms. The van der Waals surface area contributed by atoms with Gasteiger partial charge in [-0.15, -0.1) is 0 Å². The van der Waals surface area contributed by atoms with E-state index in [0.29, 0.717) is 12.2 Å². The molecule has 0 fully saturated rings. The maximum absolute atomic E-state index is 11.0. The van der Waals surface area contributed by atoms with Crippen LogP contribution in [0.5, 0.6) is 0 Å². The van der Waals surface area contributed by atoms with Crippen LogP contribution in [-0.4, -0.2) is 12.6 Å². The lowest BCUT2D eigenvalue weighted by Crippen LogP contribution is -2.05. The molecular weight excluding hydrogens is 188 g/mol. The molecule has 0 aromatic heterocycles. The van der Waals surface area contributed by atoms with Crippen molar-refractivity contribution in [2.45, 2.75) is 52.4 Å². The third-order valence-electron chi connectivity index (χ3n) is 2.13. The molecule has 0 heterocycles. The van der Waals surface area contributed by atoms with E-state index in [2.05, 4.69) is 19.9 Å². The molecule has 0 unspecified atom stereocenters. The molecule has 0 amide bonds. The van der Waals surface area contributed by atoms with Gasteiger partial charge in [-0.25, -0.2) is 4.79 Å². The Kier molecular flexibility index (Phi) is 9.24. The Labute approximate surface area is 93.7 Å². The van der Waals surface area contributed by atoms with Gasteiger partial charge < -0.3 is 4.74 Å². The van der Waals surface area contributed by atoms with Crippen LogP contribution < -0.4 is 0 Å². The second-order valence-corrected chi connectivity index (χ2v) is 3.84. The van der Waals surface area contributed by atoms with Crippen molar-refractivity contribution in [3.05, 3.63) is 18.6 Å². The molecule has 0 N–H and O–H groups in total. The van der Waals surface area contributed by atoms with Crippen LogP contribution in [-0.2, 0) is 9.53 Å². The van der Waals surface area contributed by atoms with Crippen molar-refractivity contribution >= 4 is 5.97 Å². The summed E-state index contributed by atoms with van der Waals surface area (Å²) < 4.78 is 4.98. The maximum atomic E-state index is 11.0. The van der Waals surface area contributed by atoms with Crippen LogP contribution in [0.15, 0.2) is 12.2 Å². The highest BCUT2D eigenvalue weighted by atomic mass is 16.5. The monoisotopic (exact) mass is 211 g/mol. The fourth-order valence-electron chi connectivity index (χ4n) is 1.20. The average molecular weight is 211 g/mol. The summed E-state index contributed by atoms with van der Waals surface area (Å²) >= 11 is 0. The first-order chi connectivity index (χ1) is 7.18. The predicted molar refractivity (Wildman–Crippen MR) is 63.4 cm³/mol. The van der Waals surface area contributed by atoms with Gasteiger partial charge in [0.05, 0.1) is 6.61 Å². The summed E-state index contributed by atoms with van der Waals surface area (Å²) in [5, 5.41) is 0. The molecule has 2 heteroatoms. The van der Waals surface area contributed by atoms with Gasteiger partial charge in [0.1, 0.15) is 0 Å². The summed E-state index contributed by atoms with van der Waals surface area (Å²) in [6.07, 6.45) is 9.25. The van der Waals surface area contributed by atoms with E-state index in [1.165, 1.54) is 25.7 Å². The van der Waals surface area contributed by atoms with Crippen LogP contribution in [0.1, 0.15) is 52.4 Å². The van der Waals surface area contributed by atoms with E-state index in [0.717, 1.165) is 12.8 Å². The van der Waals surface area contributed by atoms with Gasteiger partial charge in [0, 0.05) is 5.57 Å². The second-order valence-electron chi connectivity index (χ2n) is 3.84. The molecule has 0 saturated carbocycles. The first kappa shape index (κ1) is 14.2. The van der Waals surface area contributed by atoms with E-state index < -0.39 is 0 Å². The Bertz CT molecular complexity index is 185. The van der Waals surface area contributed by atoms with Crippen molar-refractivity contribution < 1.29 is 9.53 Å². The molecule has 0 spiro atoms. The fourth-order valence-corrected chi connectivity index (χ4v) is 1.20. The van der Waals surface area contributed by atoms with E-state index in [1.54, 1.807) is 6.92 Å². The Balaban J connectivity index is 3.11. The van der Waals surface area contributed by atoms with E-state index in [9.17, 15) is 4.79 Å². The zero-order chi connectivity index (χ0) is 11.5. The van der Waals surface area contributed by atoms with Crippen LogP contribution in [0.25, 0.3) is 0 Å². The fraction of sp³-hybridized carbons (Fsp3) is 0.692. The topological polar surface area (TPSA) is 26.3 Å². The number of hydrogen-bond acceptors (Lipinski definition) is 2. The third kappa shape index (κ3) is 9.51. The number of hydrogen-bond donors (Lipinski definition) is 0. The van der Waals surface area contributed by atoms with Crippen molar-refractivity contribution in [2.24, 2.45) is 0 Å². The van der Waals surface area contributed by atoms with Gasteiger partial charge in [-0.1, -0.05) is 45.6 Å². The number of rotatable bonds is 9. The number of ether oxygens (including phenoxy) is 1. The molecular formula is C13H23O2. The molecule has 0 aliphatic carbocycles. The van der Waals surface area contributed by atoms with Crippen LogP contribution in [0, 0.1) is 6.42 Å². The van der Waals surface area contributed by atoms with Gasteiger partial charge in [0.25, 0.3) is 0 Å². The largest absolute Gasteiger partial charge is 0.462 e. The summed E-state index contributed by atoms with van der Waals surface area (Å²) in [5.74, 6) is -0.271. The lowest BCUT2D eigenvalue weighted by Gasteiger charge is -2.03. The minimum absolute atomic E-state index is 0.271. The number of carbonyl (C=O) groups excluding carboxylic acids is 1. The van der Waals surface area contributed by atoms with Crippen LogP contribution in [0.3, 0.4) is 0 Å². The smallest absolute Gasteiger partial charge is 0.333 e. The highest BCUT2D eigenvalue weighted by Crippen LogP contribution is 2.06. The summed E-state index contributed by atoms with van der Waals surface area (Å²) in [4.78, 5) is 11.0. The lowest BCUT2D eigenvalue weighted by molar-refractivity contribution is -0.139. The second kappa shape index (κ2) is 9.75. The molecule has 0 saturated heterocycles. The molecule has 1 radical (unpaired) electrons. The Morgan fingerprint density at radius 2 is 2.00 bits per heavy atom. The Morgan fingerprint density at radius 1 is 1.27 bits per heavy atom. The Hall–Kier alpha value is -0.790. The molecule has 0 aliphatic rings. The number of carbonyl (C=O) groups is 1. The highest BCUT2D eigenvalue weighted by molar-refractivity contribution is 5.86. The molecule has 0 bridgehead atoms. The summed E-state index contributed by atoms with van der Waals surface area (Å²) in [7, 11) is 0. The first-order valence-electron chi connectivity index (χ1n) is 5.82. The van der Waals surface area contributed by atoms with E-state index in [-0.39, 0.29) is 5.97 Å². The average Bonchev–Trinajstić information content (AvgIpc) is 2.21. The van der Waals surface area contributed by atoms with Crippen molar-refractivity contribution in [2.75, 3.05) is 6.61 Å². The van der Waals surface area contributed by atoms with Gasteiger partial charge >= 0.3 is 5.97 Å². The number of unbranched alkanes of at least 4 members (excludes halogenated alkanes) is 6. The molecule has 2 nitrogen and oxygen atoms in total. The molecule has 0 aliphatic heterocycles. The Morgan fingerprint density at radius 3 is 2.60 bits per heavy atom. The zero-order valence-corrected chi connectivity index (χ0v) is 10.1. The molecule has 0 aromatic rings. The van der Waals surface area contributed by atoms with Crippen molar-refractivity contribution in [1.82, 2.24) is 0 Å². The molecule has 0 atom stereocenters. The van der Waals surface area contributed by atoms with Crippen molar-refractivity contribution in [1.29, 1.82) is 0 Å². The van der Waals surface area contributed by atoms with Crippen LogP contribution in [0.2, 0.25) is 0 Å². The summed E-state index contributed by atoms with van der Waals surface area (Å²) in [5.41, 5.74) is 0.478. The van der Waals surface area contributed by atoms with Gasteiger partial charge in [-0.05, 0) is 19.8 Å². The van der Waals surface area contributed by atoms with Crippen molar-refractivity contribution in [3.8, 4) is 0 Å². The van der Waals surface area contributed by atoms with E-state index in [1.807, 2.05) is 0 Å². The van der Waals surface area contributed by atoms with Crippen LogP contribution >= 0.6 is 0 Å². The van der Waals surface area contributed by atoms with Crippen LogP contribution in [0.4, 0.5) is 0 Å². The number of esters is 1. The quantitative estimate of drug-likeness (QED) is 0.330. The van der Waals surface area contributed by atoms with Gasteiger partial charge in [0.15, 0.2) is 0 Å². The first-order valence-corrected chi connectivity index (χ1v) is 5.82. The third-order valence-corrected chi connectivity index (χ3v) is 2.13. The van der Waals surface area contributed by atoms with Crippen molar-refractivity contribution in [3.63, 3.8) is 0 Å². The molecule has 0 aromatic carbocycles. The van der Waals surface area contributed by atoms with E-state index in [4.69, 9.17) is 4.74 Å². The summed E-state index contributed by atoms with van der Waals surface area (Å²) in [6.45, 7) is 7.91. The van der Waals surface area contributed by atoms with Gasteiger partial charge in [-0.2, -0.15) is 0 Å². The van der Waals surface area contributed by atoms with E-state index >= 15 is 0 Å². The minimum Gasteiger partial charge on any atom is -0.462 e. The summed E-state index contributed by atoms with van der Waals surface area (Å²) in [6, 6.07) is 0. The molecule has 0 rings (SSSR count). The SMILES string of the molecule is C=C(C)C(=O)OCCCCC[CH]CCC.